The summed E-state index contributed by atoms with van der Waals surface area (Å²) in [6.45, 7) is 0. The quantitative estimate of drug-likeness (QED) is 0.581. The molecule has 4 aromatic rings. The molecule has 128 valence electrons. The minimum absolute atomic E-state index is 0.202. The van der Waals surface area contributed by atoms with E-state index in [1.54, 1.807) is 53.5 Å². The van der Waals surface area contributed by atoms with Gasteiger partial charge in [0.25, 0.3) is 0 Å². The molecule has 0 spiro atoms. The number of nitrogens with one attached hydrogen (secondary N) is 1. The number of nitrogens with zero attached hydrogens (tertiary/aromatic N) is 3. The third-order valence-corrected chi connectivity index (χ3v) is 4.17. The van der Waals surface area contributed by atoms with Crippen LogP contribution >= 0.6 is 0 Å². The lowest BCUT2D eigenvalue weighted by atomic mass is 10.1. The van der Waals surface area contributed by atoms with Gasteiger partial charge in [-0.2, -0.15) is 5.10 Å². The number of hydrogen-bond donors (Lipinski definition) is 2. The van der Waals surface area contributed by atoms with Crippen molar-refractivity contribution in [3.05, 3.63) is 65.2 Å². The molecule has 26 heavy (non-hydrogen) atoms. The summed E-state index contributed by atoms with van der Waals surface area (Å²) in [7, 11) is 1.82. The first-order valence-electron chi connectivity index (χ1n) is 7.87. The van der Waals surface area contributed by atoms with Crippen molar-refractivity contribution in [3.8, 4) is 11.1 Å². The van der Waals surface area contributed by atoms with Crippen molar-refractivity contribution < 1.29 is 9.90 Å². The predicted octanol–water partition coefficient (Wildman–Crippen LogP) is 3.24. The van der Waals surface area contributed by atoms with E-state index >= 15 is 0 Å². The number of hydrogen-bond acceptors (Lipinski definition) is 4. The zero-order valence-electron chi connectivity index (χ0n) is 13.8. The van der Waals surface area contributed by atoms with Crippen molar-refractivity contribution in [1.82, 2.24) is 14.8 Å². The Morgan fingerprint density at radius 1 is 1.08 bits per heavy atom. The van der Waals surface area contributed by atoms with Gasteiger partial charge in [0.1, 0.15) is 0 Å². The van der Waals surface area contributed by atoms with E-state index in [9.17, 15) is 9.59 Å². The van der Waals surface area contributed by atoms with Crippen LogP contribution in [0.3, 0.4) is 0 Å². The summed E-state index contributed by atoms with van der Waals surface area (Å²) in [4.78, 5) is 28.4. The molecule has 0 aliphatic carbocycles. The van der Waals surface area contributed by atoms with Gasteiger partial charge in [-0.3, -0.25) is 19.8 Å². The van der Waals surface area contributed by atoms with Crippen LogP contribution < -0.4 is 10.7 Å². The summed E-state index contributed by atoms with van der Waals surface area (Å²) in [5.41, 5.74) is 2.38. The van der Waals surface area contributed by atoms with Crippen LogP contribution in [0.15, 0.2) is 59.8 Å². The largest absolute Gasteiger partial charge is 0.465 e. The number of fused-ring (bicyclic) bond motifs is 2. The maximum absolute atomic E-state index is 13.1. The molecule has 0 saturated heterocycles. The molecule has 2 heterocycles. The van der Waals surface area contributed by atoms with Crippen LogP contribution in [-0.2, 0) is 7.05 Å². The molecule has 0 radical (unpaired) electrons. The molecule has 0 saturated carbocycles. The summed E-state index contributed by atoms with van der Waals surface area (Å²) in [5.74, 6) is 0. The average Bonchev–Trinajstić information content (AvgIpc) is 3.00. The topological polar surface area (TPSA) is 97.1 Å². The van der Waals surface area contributed by atoms with Crippen LogP contribution in [0.1, 0.15) is 0 Å². The monoisotopic (exact) mass is 346 g/mol. The van der Waals surface area contributed by atoms with Gasteiger partial charge in [-0.15, -0.1) is 0 Å². The third-order valence-electron chi connectivity index (χ3n) is 4.17. The van der Waals surface area contributed by atoms with Gasteiger partial charge in [-0.1, -0.05) is 12.1 Å². The fourth-order valence-corrected chi connectivity index (χ4v) is 2.93. The predicted molar refractivity (Wildman–Crippen MR) is 99.4 cm³/mol. The smallest absolute Gasteiger partial charge is 0.409 e. The molecule has 2 aromatic heterocycles. The summed E-state index contributed by atoms with van der Waals surface area (Å²) >= 11 is 0. The summed E-state index contributed by atoms with van der Waals surface area (Å²) in [5, 5.41) is 16.9. The van der Waals surface area contributed by atoms with Gasteiger partial charge < -0.3 is 5.11 Å². The number of carboxylic acid groups (broad SMARTS) is 1. The Balaban J connectivity index is 1.99. The van der Waals surface area contributed by atoms with Gasteiger partial charge in [0.15, 0.2) is 5.43 Å². The Morgan fingerprint density at radius 3 is 2.62 bits per heavy atom. The first-order chi connectivity index (χ1) is 12.5. The number of pyridine rings is 1. The zero-order valence-corrected chi connectivity index (χ0v) is 13.8. The van der Waals surface area contributed by atoms with Crippen LogP contribution in [0.25, 0.3) is 32.8 Å². The lowest BCUT2D eigenvalue weighted by molar-refractivity contribution is 0.210. The molecule has 0 aliphatic rings. The number of aromatic nitrogens is 3. The summed E-state index contributed by atoms with van der Waals surface area (Å²) in [6.07, 6.45) is 4.09. The Bertz CT molecular complexity index is 1230. The van der Waals surface area contributed by atoms with Gasteiger partial charge >= 0.3 is 6.09 Å². The van der Waals surface area contributed by atoms with Gasteiger partial charge in [-0.25, -0.2) is 4.79 Å². The number of rotatable bonds is 2. The van der Waals surface area contributed by atoms with E-state index in [2.05, 4.69) is 15.4 Å². The van der Waals surface area contributed by atoms with Crippen LogP contribution in [-0.4, -0.2) is 26.0 Å². The zero-order chi connectivity index (χ0) is 18.3. The second kappa shape index (κ2) is 5.96. The Labute approximate surface area is 147 Å². The van der Waals surface area contributed by atoms with Crippen molar-refractivity contribution in [3.63, 3.8) is 0 Å². The van der Waals surface area contributed by atoms with Crippen LogP contribution in [0.2, 0.25) is 0 Å². The molecule has 2 N–H and O–H groups in total. The minimum atomic E-state index is -1.18. The van der Waals surface area contributed by atoms with Gasteiger partial charge in [-0.05, 0) is 29.7 Å². The van der Waals surface area contributed by atoms with E-state index in [1.165, 1.54) is 0 Å². The van der Waals surface area contributed by atoms with Crippen LogP contribution in [0, 0.1) is 0 Å². The summed E-state index contributed by atoms with van der Waals surface area (Å²) < 4.78 is 1.68. The molecule has 0 atom stereocenters. The van der Waals surface area contributed by atoms with Crippen LogP contribution in [0.4, 0.5) is 10.5 Å². The van der Waals surface area contributed by atoms with Crippen molar-refractivity contribution in [2.75, 3.05) is 5.32 Å². The van der Waals surface area contributed by atoms with E-state index in [0.29, 0.717) is 27.4 Å². The second-order valence-corrected chi connectivity index (χ2v) is 5.95. The van der Waals surface area contributed by atoms with E-state index in [4.69, 9.17) is 5.11 Å². The second-order valence-electron chi connectivity index (χ2n) is 5.95. The first-order valence-corrected chi connectivity index (χ1v) is 7.87. The first kappa shape index (κ1) is 15.8. The van der Waals surface area contributed by atoms with Gasteiger partial charge in [0, 0.05) is 47.0 Å². The van der Waals surface area contributed by atoms with Gasteiger partial charge in [0.2, 0.25) is 0 Å². The van der Waals surface area contributed by atoms with E-state index < -0.39 is 6.09 Å². The molecular formula is C19H14N4O3. The Kier molecular flexibility index (Phi) is 3.62. The molecule has 4 rings (SSSR count). The summed E-state index contributed by atoms with van der Waals surface area (Å²) in [6, 6.07) is 10.3. The Hall–Kier alpha value is -3.74. The Morgan fingerprint density at radius 2 is 1.88 bits per heavy atom. The highest BCUT2D eigenvalue weighted by molar-refractivity contribution is 5.96. The highest BCUT2D eigenvalue weighted by Crippen LogP contribution is 2.23. The van der Waals surface area contributed by atoms with E-state index in [0.717, 1.165) is 11.1 Å². The average molecular weight is 346 g/mol. The van der Waals surface area contributed by atoms with E-state index in [-0.39, 0.29) is 5.43 Å². The lowest BCUT2D eigenvalue weighted by Gasteiger charge is -2.01. The standard InChI is InChI=1S/C19H14N4O3/c1-23-10-13(9-21-23)12-6-16-17(20-8-12)5-3-11-2-4-14(22-19(25)26)7-15(11)18(16)24/h2-10,22H,1H3,(H,25,26). The number of amides is 1. The molecule has 1 amide bonds. The SMILES string of the molecule is Cn1cc(-c2cnc3ccc4ccc(NC(=O)O)cc4c(=O)c3c2)cn1. The highest BCUT2D eigenvalue weighted by atomic mass is 16.4. The number of carbonyl (C=O) groups is 1. The molecule has 0 aliphatic heterocycles. The molecule has 0 fully saturated rings. The van der Waals surface area contributed by atoms with Gasteiger partial charge in [0.05, 0.1) is 11.7 Å². The fraction of sp³-hybridized carbons (Fsp3) is 0.0526. The molecular weight excluding hydrogens is 332 g/mol. The number of anilines is 1. The lowest BCUT2D eigenvalue weighted by Crippen LogP contribution is -2.07. The minimum Gasteiger partial charge on any atom is -0.465 e. The maximum atomic E-state index is 13.1. The number of benzene rings is 1. The molecule has 0 bridgehead atoms. The van der Waals surface area contributed by atoms with Crippen molar-refractivity contribution in [1.29, 1.82) is 0 Å². The molecule has 2 aromatic carbocycles. The fourth-order valence-electron chi connectivity index (χ4n) is 2.93. The molecule has 0 unspecified atom stereocenters. The van der Waals surface area contributed by atoms with Crippen molar-refractivity contribution >= 4 is 33.5 Å². The third kappa shape index (κ3) is 2.75. The van der Waals surface area contributed by atoms with Crippen molar-refractivity contribution in [2.24, 2.45) is 7.05 Å². The van der Waals surface area contributed by atoms with Crippen LogP contribution in [0.5, 0.6) is 0 Å². The normalized spacial score (nSPS) is 11.0. The maximum Gasteiger partial charge on any atom is 0.409 e. The number of aryl methyl sites for hydroxylation is 1. The highest BCUT2D eigenvalue weighted by Gasteiger charge is 2.08. The van der Waals surface area contributed by atoms with Crippen molar-refractivity contribution in [2.45, 2.75) is 0 Å². The molecule has 7 heteroatoms. The van der Waals surface area contributed by atoms with E-state index in [1.807, 2.05) is 13.2 Å². The molecule has 7 nitrogen and oxygen atoms in total.